The van der Waals surface area contributed by atoms with E-state index in [0.717, 1.165) is 50.5 Å². The largest absolute Gasteiger partial charge is 0.366 e. The van der Waals surface area contributed by atoms with Crippen LogP contribution < -0.4 is 10.6 Å². The lowest BCUT2D eigenvalue weighted by Crippen LogP contribution is -2.04. The Bertz CT molecular complexity index is 1320. The fraction of sp³-hybridized carbons (Fsp3) is 0.136. The van der Waals surface area contributed by atoms with E-state index < -0.39 is 0 Å². The highest BCUT2D eigenvalue weighted by Crippen LogP contribution is 2.22. The molecule has 5 rings (SSSR count). The Morgan fingerprint density at radius 1 is 0.897 bits per heavy atom. The monoisotopic (exact) mass is 383 g/mol. The van der Waals surface area contributed by atoms with Gasteiger partial charge >= 0.3 is 0 Å². The number of nitrogens with one attached hydrogen (secondary N) is 4. The van der Waals surface area contributed by atoms with Crippen LogP contribution in [-0.4, -0.2) is 24.9 Å². The Kier molecular flexibility index (Phi) is 4.13. The van der Waals surface area contributed by atoms with Crippen LogP contribution in [0.3, 0.4) is 0 Å². The molecule has 7 heteroatoms. The molecule has 0 bridgehead atoms. The number of nitrogens with zero attached hydrogens (tertiary/aromatic N) is 3. The number of rotatable bonds is 5. The zero-order valence-electron chi connectivity index (χ0n) is 16.2. The number of hydrogen-bond donors (Lipinski definition) is 4. The van der Waals surface area contributed by atoms with Crippen molar-refractivity contribution in [2.24, 2.45) is 0 Å². The number of imidazole rings is 1. The third kappa shape index (κ3) is 3.62. The van der Waals surface area contributed by atoms with E-state index in [2.05, 4.69) is 72.8 Å². The molecule has 4 N–H and O–H groups in total. The van der Waals surface area contributed by atoms with Crippen molar-refractivity contribution >= 4 is 39.4 Å². The van der Waals surface area contributed by atoms with Crippen LogP contribution in [0.5, 0.6) is 0 Å². The molecule has 5 aromatic rings. The molecule has 0 aliphatic rings. The van der Waals surface area contributed by atoms with E-state index in [0.29, 0.717) is 12.5 Å². The van der Waals surface area contributed by atoms with E-state index in [1.165, 1.54) is 0 Å². The predicted octanol–water partition coefficient (Wildman–Crippen LogP) is 4.81. The number of H-pyrrole nitrogens is 2. The van der Waals surface area contributed by atoms with Crippen molar-refractivity contribution in [1.29, 1.82) is 0 Å². The van der Waals surface area contributed by atoms with Gasteiger partial charge in [0.05, 0.1) is 11.0 Å². The summed E-state index contributed by atoms with van der Waals surface area (Å²) in [6.07, 6.45) is 1.75. The molecule has 29 heavy (non-hydrogen) atoms. The summed E-state index contributed by atoms with van der Waals surface area (Å²) in [5, 5.41) is 7.80. The average molecular weight is 383 g/mol. The smallest absolute Gasteiger partial charge is 0.229 e. The number of hydrogen-bond acceptors (Lipinski definition) is 5. The highest BCUT2D eigenvalue weighted by Gasteiger charge is 2.04. The van der Waals surface area contributed by atoms with Gasteiger partial charge in [-0.3, -0.25) is 0 Å². The van der Waals surface area contributed by atoms with Gasteiger partial charge in [0.15, 0.2) is 0 Å². The molecule has 0 saturated carbocycles. The van der Waals surface area contributed by atoms with E-state index in [-0.39, 0.29) is 0 Å². The van der Waals surface area contributed by atoms with Gasteiger partial charge in [-0.1, -0.05) is 6.07 Å². The third-order valence-corrected chi connectivity index (χ3v) is 4.81. The van der Waals surface area contributed by atoms with Gasteiger partial charge in [0.2, 0.25) is 5.95 Å². The Hall–Kier alpha value is -3.87. The molecule has 0 atom stereocenters. The average Bonchev–Trinajstić information content (AvgIpc) is 3.26. The van der Waals surface area contributed by atoms with Crippen molar-refractivity contribution in [2.75, 3.05) is 10.6 Å². The molecule has 0 aliphatic heterocycles. The van der Waals surface area contributed by atoms with Crippen LogP contribution in [0, 0.1) is 13.8 Å². The molecule has 0 aliphatic carbocycles. The van der Waals surface area contributed by atoms with Crippen molar-refractivity contribution in [1.82, 2.24) is 24.9 Å². The maximum Gasteiger partial charge on any atom is 0.229 e. The van der Waals surface area contributed by atoms with Gasteiger partial charge in [-0.25, -0.2) is 9.97 Å². The summed E-state index contributed by atoms with van der Waals surface area (Å²) >= 11 is 0. The molecule has 0 unspecified atom stereocenters. The molecule has 3 heterocycles. The van der Waals surface area contributed by atoms with Gasteiger partial charge in [-0.2, -0.15) is 4.98 Å². The van der Waals surface area contributed by atoms with Gasteiger partial charge in [-0.15, -0.1) is 0 Å². The van der Waals surface area contributed by atoms with E-state index >= 15 is 0 Å². The molecule has 144 valence electrons. The molecule has 0 fully saturated rings. The zero-order chi connectivity index (χ0) is 19.8. The lowest BCUT2D eigenvalue weighted by molar-refractivity contribution is 1.08. The van der Waals surface area contributed by atoms with E-state index in [1.807, 2.05) is 25.1 Å². The first-order chi connectivity index (χ1) is 14.1. The summed E-state index contributed by atoms with van der Waals surface area (Å²) in [5.74, 6) is 2.24. The summed E-state index contributed by atoms with van der Waals surface area (Å²) in [5.41, 5.74) is 6.39. The lowest BCUT2D eigenvalue weighted by atomic mass is 10.2. The van der Waals surface area contributed by atoms with Crippen LogP contribution in [0.15, 0.2) is 54.7 Å². The van der Waals surface area contributed by atoms with Gasteiger partial charge < -0.3 is 20.6 Å². The topological polar surface area (TPSA) is 94.3 Å². The Morgan fingerprint density at radius 2 is 1.83 bits per heavy atom. The molecule has 7 nitrogen and oxygen atoms in total. The molecular weight excluding hydrogens is 362 g/mol. The van der Waals surface area contributed by atoms with Crippen LogP contribution in [0.2, 0.25) is 0 Å². The number of aromatic nitrogens is 5. The number of fused-ring (bicyclic) bond motifs is 2. The molecule has 0 spiro atoms. The first kappa shape index (κ1) is 17.2. The Labute approximate surface area is 167 Å². The maximum atomic E-state index is 4.57. The van der Waals surface area contributed by atoms with Gasteiger partial charge in [-0.05, 0) is 61.9 Å². The number of anilines is 3. The molecular formula is C22H21N7. The summed E-state index contributed by atoms with van der Waals surface area (Å²) in [6.45, 7) is 4.68. The first-order valence-electron chi connectivity index (χ1n) is 9.51. The molecule has 3 aromatic heterocycles. The van der Waals surface area contributed by atoms with Crippen molar-refractivity contribution in [3.8, 4) is 0 Å². The van der Waals surface area contributed by atoms with Crippen LogP contribution in [0.4, 0.5) is 17.5 Å². The summed E-state index contributed by atoms with van der Waals surface area (Å²) in [7, 11) is 0. The Morgan fingerprint density at radius 3 is 2.76 bits per heavy atom. The number of aryl methyl sites for hydroxylation is 2. The highest BCUT2D eigenvalue weighted by atomic mass is 15.1. The maximum absolute atomic E-state index is 4.57. The van der Waals surface area contributed by atoms with Crippen LogP contribution in [0.1, 0.15) is 17.1 Å². The molecule has 0 radical (unpaired) electrons. The minimum atomic E-state index is 0.557. The summed E-state index contributed by atoms with van der Waals surface area (Å²) in [6, 6.07) is 16.4. The van der Waals surface area contributed by atoms with Gasteiger partial charge in [0, 0.05) is 35.0 Å². The Balaban J connectivity index is 1.30. The van der Waals surface area contributed by atoms with E-state index in [1.54, 1.807) is 6.20 Å². The second kappa shape index (κ2) is 6.94. The van der Waals surface area contributed by atoms with E-state index in [4.69, 9.17) is 0 Å². The van der Waals surface area contributed by atoms with Crippen LogP contribution >= 0.6 is 0 Å². The van der Waals surface area contributed by atoms with Crippen molar-refractivity contribution in [3.05, 3.63) is 71.8 Å². The minimum absolute atomic E-state index is 0.557. The van der Waals surface area contributed by atoms with Crippen molar-refractivity contribution in [3.63, 3.8) is 0 Å². The molecule has 0 amide bonds. The van der Waals surface area contributed by atoms with Crippen molar-refractivity contribution < 1.29 is 0 Å². The quantitative estimate of drug-likeness (QED) is 0.349. The summed E-state index contributed by atoms with van der Waals surface area (Å²) in [4.78, 5) is 19.9. The van der Waals surface area contributed by atoms with Crippen LogP contribution in [0.25, 0.3) is 21.9 Å². The molecule has 0 saturated heterocycles. The predicted molar refractivity (Wildman–Crippen MR) is 117 cm³/mol. The first-order valence-corrected chi connectivity index (χ1v) is 9.51. The van der Waals surface area contributed by atoms with Crippen LogP contribution in [-0.2, 0) is 6.54 Å². The lowest BCUT2D eigenvalue weighted by Gasteiger charge is -2.09. The van der Waals surface area contributed by atoms with E-state index in [9.17, 15) is 0 Å². The number of benzene rings is 2. The summed E-state index contributed by atoms with van der Waals surface area (Å²) < 4.78 is 0. The fourth-order valence-corrected chi connectivity index (χ4v) is 3.49. The SMILES string of the molecule is Cc1cc2cc(Nc3nccc(NCc4ccc5nc(C)[nH]c5c4)n3)ccc2[nH]1. The second-order valence-corrected chi connectivity index (χ2v) is 7.17. The zero-order valence-corrected chi connectivity index (χ0v) is 16.2. The molecule has 2 aromatic carbocycles. The third-order valence-electron chi connectivity index (χ3n) is 4.81. The minimum Gasteiger partial charge on any atom is -0.366 e. The highest BCUT2D eigenvalue weighted by molar-refractivity contribution is 5.84. The normalized spacial score (nSPS) is 11.2. The van der Waals surface area contributed by atoms with Gasteiger partial charge in [0.1, 0.15) is 11.6 Å². The standard InChI is InChI=1S/C22H21N7/c1-13-9-16-11-17(4-6-18(16)25-13)28-22-23-8-7-21(29-22)24-12-15-3-5-19-20(10-15)27-14(2)26-19/h3-11,25H,12H2,1-2H3,(H,26,27)(H2,23,24,28,29). The number of aromatic amines is 2. The van der Waals surface area contributed by atoms with Gasteiger partial charge in [0.25, 0.3) is 0 Å². The second-order valence-electron chi connectivity index (χ2n) is 7.17. The fourth-order valence-electron chi connectivity index (χ4n) is 3.49. The van der Waals surface area contributed by atoms with Crippen molar-refractivity contribution in [2.45, 2.75) is 20.4 Å².